The van der Waals surface area contributed by atoms with E-state index in [-0.39, 0.29) is 18.2 Å². The summed E-state index contributed by atoms with van der Waals surface area (Å²) in [6.45, 7) is 3.57. The molecule has 7 heteroatoms. The molecule has 0 N–H and O–H groups in total. The van der Waals surface area contributed by atoms with Gasteiger partial charge in [0.05, 0.1) is 6.54 Å². The third-order valence-corrected chi connectivity index (χ3v) is 3.88. The lowest BCUT2D eigenvalue weighted by atomic mass is 10.1. The molecule has 0 aromatic heterocycles. The highest BCUT2D eigenvalue weighted by Gasteiger charge is 2.22. The van der Waals surface area contributed by atoms with Gasteiger partial charge in [-0.05, 0) is 24.3 Å². The lowest BCUT2D eigenvalue weighted by Crippen LogP contribution is -2.31. The highest BCUT2D eigenvalue weighted by atomic mass is 32.2. The molecule has 6 nitrogen and oxygen atoms in total. The van der Waals surface area contributed by atoms with Gasteiger partial charge in [0.1, 0.15) is 5.75 Å². The van der Waals surface area contributed by atoms with Gasteiger partial charge in [-0.2, -0.15) is 4.99 Å². The number of ether oxygens (including phenoxy) is 1. The number of amides is 1. The molecule has 1 saturated heterocycles. The summed E-state index contributed by atoms with van der Waals surface area (Å²) in [5.74, 6) is 0.462. The Morgan fingerprint density at radius 3 is 2.50 bits per heavy atom. The normalized spacial score (nSPS) is 15.9. The van der Waals surface area contributed by atoms with Gasteiger partial charge in [0.25, 0.3) is 0 Å². The Kier molecular flexibility index (Phi) is 5.32. The number of hydrogen-bond donors (Lipinski definition) is 0. The first-order chi connectivity index (χ1) is 10.5. The third-order valence-electron chi connectivity index (χ3n) is 2.89. The van der Waals surface area contributed by atoms with Crippen molar-refractivity contribution in [3.05, 3.63) is 29.8 Å². The van der Waals surface area contributed by atoms with Crippen molar-refractivity contribution >= 4 is 34.6 Å². The van der Waals surface area contributed by atoms with Gasteiger partial charge >= 0.3 is 5.97 Å². The molecule has 1 heterocycles. The number of esters is 1. The van der Waals surface area contributed by atoms with Gasteiger partial charge in [-0.1, -0.05) is 11.8 Å². The highest BCUT2D eigenvalue weighted by molar-refractivity contribution is 8.14. The van der Waals surface area contributed by atoms with Crippen LogP contribution in [0.1, 0.15) is 24.2 Å². The summed E-state index contributed by atoms with van der Waals surface area (Å²) in [6.07, 6.45) is 0. The zero-order valence-electron chi connectivity index (χ0n) is 12.4. The minimum atomic E-state index is -0.404. The van der Waals surface area contributed by atoms with Gasteiger partial charge in [-0.25, -0.2) is 0 Å². The van der Waals surface area contributed by atoms with Crippen molar-refractivity contribution in [2.45, 2.75) is 13.8 Å². The number of benzene rings is 1. The zero-order chi connectivity index (χ0) is 16.1. The minimum Gasteiger partial charge on any atom is -0.427 e. The fraction of sp³-hybridized carbons (Fsp3) is 0.333. The molecule has 1 fully saturated rings. The first-order valence-corrected chi connectivity index (χ1v) is 7.73. The second-order valence-corrected chi connectivity index (χ2v) is 5.79. The van der Waals surface area contributed by atoms with Crippen molar-refractivity contribution in [2.75, 3.05) is 18.8 Å². The highest BCUT2D eigenvalue weighted by Crippen LogP contribution is 2.19. The number of carbonyl (C=O) groups excluding carboxylic acids is 3. The largest absolute Gasteiger partial charge is 0.427 e. The van der Waals surface area contributed by atoms with E-state index in [1.54, 1.807) is 29.2 Å². The summed E-state index contributed by atoms with van der Waals surface area (Å²) in [5.41, 5.74) is 0.523. The van der Waals surface area contributed by atoms with E-state index in [0.717, 1.165) is 5.75 Å². The molecular weight excluding hydrogens is 304 g/mol. The van der Waals surface area contributed by atoms with Crippen LogP contribution in [0.3, 0.4) is 0 Å². The van der Waals surface area contributed by atoms with Crippen LogP contribution in [0, 0.1) is 0 Å². The van der Waals surface area contributed by atoms with Crippen LogP contribution in [0.2, 0.25) is 0 Å². The second kappa shape index (κ2) is 7.22. The molecule has 0 atom stereocenters. The molecule has 1 aromatic carbocycles. The Hall–Kier alpha value is -2.15. The van der Waals surface area contributed by atoms with Gasteiger partial charge in [0.15, 0.2) is 11.0 Å². The average Bonchev–Trinajstić information content (AvgIpc) is 2.85. The Balaban J connectivity index is 2.02. The van der Waals surface area contributed by atoms with Crippen molar-refractivity contribution in [3.63, 3.8) is 0 Å². The van der Waals surface area contributed by atoms with Crippen LogP contribution in [-0.2, 0) is 9.59 Å². The van der Waals surface area contributed by atoms with E-state index < -0.39 is 5.97 Å². The molecule has 1 amide bonds. The summed E-state index contributed by atoms with van der Waals surface area (Å²) in [6, 6.07) is 6.40. The Morgan fingerprint density at radius 2 is 1.91 bits per heavy atom. The first kappa shape index (κ1) is 16.2. The standard InChI is InChI=1S/C15H16N2O4S/c1-10(18)16-15-17(7-8-22-15)9-14(20)12-3-5-13(6-4-12)21-11(2)19/h3-6H,7-9H2,1-2H3. The number of amidine groups is 1. The van der Waals surface area contributed by atoms with Crippen LogP contribution in [-0.4, -0.2) is 46.6 Å². The van der Waals surface area contributed by atoms with Gasteiger partial charge in [-0.3, -0.25) is 14.4 Å². The number of carbonyl (C=O) groups is 3. The first-order valence-electron chi connectivity index (χ1n) is 6.74. The summed E-state index contributed by atoms with van der Waals surface area (Å²) in [4.78, 5) is 39.9. The smallest absolute Gasteiger partial charge is 0.308 e. The van der Waals surface area contributed by atoms with Crippen LogP contribution in [0.5, 0.6) is 5.75 Å². The summed E-state index contributed by atoms with van der Waals surface area (Å²) in [7, 11) is 0. The lowest BCUT2D eigenvalue weighted by Gasteiger charge is -2.16. The molecule has 1 aromatic rings. The predicted molar refractivity (Wildman–Crippen MR) is 84.2 cm³/mol. The number of hydrogen-bond acceptors (Lipinski definition) is 5. The molecule has 0 radical (unpaired) electrons. The average molecular weight is 320 g/mol. The van der Waals surface area contributed by atoms with Crippen molar-refractivity contribution in [1.82, 2.24) is 4.90 Å². The molecule has 2 rings (SSSR count). The number of nitrogens with zero attached hydrogens (tertiary/aromatic N) is 2. The molecule has 1 aliphatic heterocycles. The topological polar surface area (TPSA) is 76.0 Å². The van der Waals surface area contributed by atoms with Gasteiger partial charge < -0.3 is 9.64 Å². The number of Topliss-reactive ketones (excluding diaryl/α,β-unsaturated/α-hetero) is 1. The molecule has 116 valence electrons. The van der Waals surface area contributed by atoms with E-state index in [4.69, 9.17) is 4.74 Å². The molecule has 0 unspecified atom stereocenters. The summed E-state index contributed by atoms with van der Waals surface area (Å²) < 4.78 is 4.92. The van der Waals surface area contributed by atoms with Crippen LogP contribution in [0.15, 0.2) is 29.3 Å². The molecule has 0 saturated carbocycles. The van der Waals surface area contributed by atoms with Crippen molar-refractivity contribution < 1.29 is 19.1 Å². The van der Waals surface area contributed by atoms with E-state index >= 15 is 0 Å². The SMILES string of the molecule is CC(=O)N=C1SCCN1CC(=O)c1ccc(OC(C)=O)cc1. The predicted octanol–water partition coefficient (Wildman–Crippen LogP) is 1.75. The number of rotatable bonds is 4. The number of ketones is 1. The lowest BCUT2D eigenvalue weighted by molar-refractivity contribution is -0.131. The van der Waals surface area contributed by atoms with Crippen LogP contribution >= 0.6 is 11.8 Å². The van der Waals surface area contributed by atoms with Gasteiger partial charge in [0, 0.05) is 31.7 Å². The number of thioether (sulfide) groups is 1. The van der Waals surface area contributed by atoms with E-state index in [1.165, 1.54) is 25.6 Å². The monoisotopic (exact) mass is 320 g/mol. The molecule has 1 aliphatic rings. The fourth-order valence-corrected chi connectivity index (χ4v) is 2.98. The Bertz CT molecular complexity index is 625. The van der Waals surface area contributed by atoms with E-state index in [9.17, 15) is 14.4 Å². The summed E-state index contributed by atoms with van der Waals surface area (Å²) >= 11 is 1.47. The van der Waals surface area contributed by atoms with E-state index in [1.807, 2.05) is 0 Å². The molecular formula is C15H16N2O4S. The van der Waals surface area contributed by atoms with Crippen LogP contribution in [0.25, 0.3) is 0 Å². The maximum Gasteiger partial charge on any atom is 0.308 e. The fourth-order valence-electron chi connectivity index (χ4n) is 1.96. The second-order valence-electron chi connectivity index (χ2n) is 4.72. The molecule has 22 heavy (non-hydrogen) atoms. The molecule has 0 spiro atoms. The Morgan fingerprint density at radius 1 is 1.23 bits per heavy atom. The van der Waals surface area contributed by atoms with Crippen molar-refractivity contribution in [3.8, 4) is 5.75 Å². The van der Waals surface area contributed by atoms with Gasteiger partial charge in [-0.15, -0.1) is 0 Å². The van der Waals surface area contributed by atoms with Gasteiger partial charge in [0.2, 0.25) is 5.91 Å². The summed E-state index contributed by atoms with van der Waals surface area (Å²) in [5, 5.41) is 0.595. The molecule has 0 bridgehead atoms. The van der Waals surface area contributed by atoms with E-state index in [0.29, 0.717) is 23.0 Å². The Labute approximate surface area is 132 Å². The van der Waals surface area contributed by atoms with Crippen molar-refractivity contribution in [1.29, 1.82) is 0 Å². The number of aliphatic imine (C=N–C) groups is 1. The van der Waals surface area contributed by atoms with Crippen LogP contribution in [0.4, 0.5) is 0 Å². The van der Waals surface area contributed by atoms with Crippen LogP contribution < -0.4 is 4.74 Å². The maximum absolute atomic E-state index is 12.3. The quantitative estimate of drug-likeness (QED) is 0.478. The zero-order valence-corrected chi connectivity index (χ0v) is 13.2. The minimum absolute atomic E-state index is 0.0758. The third kappa shape index (κ3) is 4.42. The molecule has 0 aliphatic carbocycles. The van der Waals surface area contributed by atoms with Crippen molar-refractivity contribution in [2.24, 2.45) is 4.99 Å². The maximum atomic E-state index is 12.3. The van der Waals surface area contributed by atoms with E-state index in [2.05, 4.69) is 4.99 Å².